The van der Waals surface area contributed by atoms with Gasteiger partial charge in [0.25, 0.3) is 0 Å². The number of rotatable bonds is 4. The van der Waals surface area contributed by atoms with Crippen LogP contribution in [0.25, 0.3) is 0 Å². The van der Waals surface area contributed by atoms with Crippen molar-refractivity contribution in [3.8, 4) is 0 Å². The first-order valence-electron chi connectivity index (χ1n) is 6.44. The molecule has 2 heterocycles. The highest BCUT2D eigenvalue weighted by Crippen LogP contribution is 2.17. The van der Waals surface area contributed by atoms with Gasteiger partial charge in [-0.15, -0.1) is 0 Å². The lowest BCUT2D eigenvalue weighted by Gasteiger charge is -2.35. The fourth-order valence-electron chi connectivity index (χ4n) is 2.60. The van der Waals surface area contributed by atoms with E-state index in [9.17, 15) is 0 Å². The van der Waals surface area contributed by atoms with E-state index in [4.69, 9.17) is 9.47 Å². The third kappa shape index (κ3) is 2.94. The fourth-order valence-corrected chi connectivity index (χ4v) is 2.60. The minimum absolute atomic E-state index is 0.542. The van der Waals surface area contributed by atoms with Gasteiger partial charge in [0.15, 0.2) is 0 Å². The van der Waals surface area contributed by atoms with Crippen LogP contribution in [0.5, 0.6) is 0 Å². The minimum atomic E-state index is 0.542. The van der Waals surface area contributed by atoms with Gasteiger partial charge in [0.05, 0.1) is 26.4 Å². The van der Waals surface area contributed by atoms with Crippen molar-refractivity contribution in [3.63, 3.8) is 0 Å². The van der Waals surface area contributed by atoms with Crippen LogP contribution in [0.15, 0.2) is 0 Å². The zero-order chi connectivity index (χ0) is 11.4. The van der Waals surface area contributed by atoms with E-state index >= 15 is 0 Å². The number of nitrogens with zero attached hydrogens (tertiary/aromatic N) is 1. The number of nitrogens with one attached hydrogen (secondary N) is 1. The predicted molar refractivity (Wildman–Crippen MR) is 63.6 cm³/mol. The predicted octanol–water partition coefficient (Wildman–Crippen LogP) is 0.332. The summed E-state index contributed by atoms with van der Waals surface area (Å²) in [6, 6.07) is 1.09. The van der Waals surface area contributed by atoms with Gasteiger partial charge in [-0.05, 0) is 13.5 Å². The van der Waals surface area contributed by atoms with Gasteiger partial charge < -0.3 is 14.8 Å². The number of hydrogen-bond donors (Lipinski definition) is 1. The first-order chi connectivity index (χ1) is 7.81. The molecule has 0 saturated carbocycles. The van der Waals surface area contributed by atoms with E-state index in [-0.39, 0.29) is 0 Å². The molecule has 16 heavy (non-hydrogen) atoms. The zero-order valence-electron chi connectivity index (χ0n) is 10.4. The maximum absolute atomic E-state index is 5.58. The van der Waals surface area contributed by atoms with Gasteiger partial charge in [0.2, 0.25) is 0 Å². The van der Waals surface area contributed by atoms with E-state index in [1.165, 1.54) is 0 Å². The number of ether oxygens (including phenoxy) is 2. The van der Waals surface area contributed by atoms with Crippen molar-refractivity contribution in [2.75, 3.05) is 46.1 Å². The average molecular weight is 228 g/mol. The lowest BCUT2D eigenvalue weighted by atomic mass is 10.0. The lowest BCUT2D eigenvalue weighted by molar-refractivity contribution is -0.00887. The highest BCUT2D eigenvalue weighted by atomic mass is 16.5. The quantitative estimate of drug-likeness (QED) is 0.752. The highest BCUT2D eigenvalue weighted by molar-refractivity contribution is 4.85. The van der Waals surface area contributed by atoms with E-state index in [0.717, 1.165) is 46.1 Å². The Kier molecular flexibility index (Phi) is 4.58. The molecule has 2 aliphatic heterocycles. The van der Waals surface area contributed by atoms with Crippen LogP contribution in [0.4, 0.5) is 0 Å². The molecule has 0 bridgehead atoms. The lowest BCUT2D eigenvalue weighted by Crippen LogP contribution is -2.49. The van der Waals surface area contributed by atoms with Crippen molar-refractivity contribution in [2.45, 2.75) is 25.9 Å². The molecule has 2 saturated heterocycles. The molecular formula is C12H24N2O2. The SMILES string of the molecule is CCNC1COCC1CN1CCOCC1C. The van der Waals surface area contributed by atoms with Crippen molar-refractivity contribution in [2.24, 2.45) is 5.92 Å². The first-order valence-corrected chi connectivity index (χ1v) is 6.44. The second-order valence-corrected chi connectivity index (χ2v) is 4.88. The van der Waals surface area contributed by atoms with E-state index in [1.807, 2.05) is 0 Å². The largest absolute Gasteiger partial charge is 0.379 e. The third-order valence-electron chi connectivity index (χ3n) is 3.64. The summed E-state index contributed by atoms with van der Waals surface area (Å²) in [6.45, 7) is 11.2. The maximum Gasteiger partial charge on any atom is 0.0623 e. The number of morpholine rings is 1. The molecule has 2 rings (SSSR count). The molecule has 3 unspecified atom stereocenters. The summed E-state index contributed by atoms with van der Waals surface area (Å²) in [5.41, 5.74) is 0. The summed E-state index contributed by atoms with van der Waals surface area (Å²) in [4.78, 5) is 2.53. The van der Waals surface area contributed by atoms with Crippen molar-refractivity contribution < 1.29 is 9.47 Å². The molecule has 3 atom stereocenters. The Bertz CT molecular complexity index is 213. The Balaban J connectivity index is 1.82. The summed E-state index contributed by atoms with van der Waals surface area (Å²) in [7, 11) is 0. The Labute approximate surface area is 98.3 Å². The molecule has 2 fully saturated rings. The molecule has 0 spiro atoms. The standard InChI is InChI=1S/C12H24N2O2/c1-3-13-12-9-16-8-11(12)6-14-4-5-15-7-10(14)2/h10-13H,3-9H2,1-2H3. The highest BCUT2D eigenvalue weighted by Gasteiger charge is 2.31. The minimum Gasteiger partial charge on any atom is -0.379 e. The van der Waals surface area contributed by atoms with E-state index in [2.05, 4.69) is 24.1 Å². The van der Waals surface area contributed by atoms with Crippen LogP contribution in [0, 0.1) is 5.92 Å². The second-order valence-electron chi connectivity index (χ2n) is 4.88. The van der Waals surface area contributed by atoms with Gasteiger partial charge in [0, 0.05) is 31.1 Å². The average Bonchev–Trinajstić information content (AvgIpc) is 2.70. The first kappa shape index (κ1) is 12.3. The number of hydrogen-bond acceptors (Lipinski definition) is 4. The van der Waals surface area contributed by atoms with Crippen LogP contribution >= 0.6 is 0 Å². The Hall–Kier alpha value is -0.160. The van der Waals surface area contributed by atoms with Crippen molar-refractivity contribution in [1.29, 1.82) is 0 Å². The van der Waals surface area contributed by atoms with Gasteiger partial charge in [0.1, 0.15) is 0 Å². The molecule has 2 aliphatic rings. The van der Waals surface area contributed by atoms with Crippen LogP contribution in [0.1, 0.15) is 13.8 Å². The van der Waals surface area contributed by atoms with Crippen LogP contribution in [-0.4, -0.2) is 63.0 Å². The van der Waals surface area contributed by atoms with Crippen LogP contribution in [0.3, 0.4) is 0 Å². The fraction of sp³-hybridized carbons (Fsp3) is 1.00. The van der Waals surface area contributed by atoms with Gasteiger partial charge >= 0.3 is 0 Å². The Morgan fingerprint density at radius 3 is 2.88 bits per heavy atom. The summed E-state index contributed by atoms with van der Waals surface area (Å²) in [6.07, 6.45) is 0. The van der Waals surface area contributed by atoms with Crippen LogP contribution in [-0.2, 0) is 9.47 Å². The molecule has 0 amide bonds. The van der Waals surface area contributed by atoms with Gasteiger partial charge in [-0.3, -0.25) is 4.90 Å². The molecule has 94 valence electrons. The summed E-state index contributed by atoms with van der Waals surface area (Å²) in [5, 5.41) is 3.52. The summed E-state index contributed by atoms with van der Waals surface area (Å²) < 4.78 is 11.0. The van der Waals surface area contributed by atoms with Crippen LogP contribution in [0.2, 0.25) is 0 Å². The molecule has 4 nitrogen and oxygen atoms in total. The Morgan fingerprint density at radius 1 is 1.25 bits per heavy atom. The molecule has 4 heteroatoms. The van der Waals surface area contributed by atoms with Crippen molar-refractivity contribution in [3.05, 3.63) is 0 Å². The van der Waals surface area contributed by atoms with E-state index in [0.29, 0.717) is 18.0 Å². The second kappa shape index (κ2) is 5.96. The molecule has 1 N–H and O–H groups in total. The molecule has 0 aromatic carbocycles. The zero-order valence-corrected chi connectivity index (χ0v) is 10.4. The topological polar surface area (TPSA) is 33.7 Å². The van der Waals surface area contributed by atoms with Crippen molar-refractivity contribution in [1.82, 2.24) is 10.2 Å². The van der Waals surface area contributed by atoms with Gasteiger partial charge in [-0.1, -0.05) is 6.92 Å². The maximum atomic E-state index is 5.58. The summed E-state index contributed by atoms with van der Waals surface area (Å²) >= 11 is 0. The molecular weight excluding hydrogens is 204 g/mol. The van der Waals surface area contributed by atoms with Crippen LogP contribution < -0.4 is 5.32 Å². The molecule has 0 aliphatic carbocycles. The van der Waals surface area contributed by atoms with Crippen molar-refractivity contribution >= 4 is 0 Å². The van der Waals surface area contributed by atoms with E-state index in [1.54, 1.807) is 0 Å². The normalized spacial score (nSPS) is 36.8. The molecule has 0 aromatic rings. The summed E-state index contributed by atoms with van der Waals surface area (Å²) in [5.74, 6) is 0.639. The van der Waals surface area contributed by atoms with E-state index < -0.39 is 0 Å². The monoisotopic (exact) mass is 228 g/mol. The smallest absolute Gasteiger partial charge is 0.0623 e. The number of likely N-dealkylation sites (N-methyl/N-ethyl adjacent to an activating group) is 1. The Morgan fingerprint density at radius 2 is 2.12 bits per heavy atom. The third-order valence-corrected chi connectivity index (χ3v) is 3.64. The molecule has 0 aromatic heterocycles. The van der Waals surface area contributed by atoms with Gasteiger partial charge in [-0.25, -0.2) is 0 Å². The van der Waals surface area contributed by atoms with Gasteiger partial charge in [-0.2, -0.15) is 0 Å². The molecule has 0 radical (unpaired) electrons.